The number of ether oxygens (including phenoxy) is 2. The van der Waals surface area contributed by atoms with Crippen LogP contribution in [0.2, 0.25) is 0 Å². The molecule has 10 nitrogen and oxygen atoms in total. The molecule has 0 aliphatic heterocycles. The first-order valence-corrected chi connectivity index (χ1v) is 22.2. The first kappa shape index (κ1) is 50.9. The Balaban J connectivity index is 0.000000275. The van der Waals surface area contributed by atoms with Gasteiger partial charge in [-0.2, -0.15) is 0 Å². The van der Waals surface area contributed by atoms with E-state index in [1.165, 1.54) is 101 Å². The zero-order valence-electron chi connectivity index (χ0n) is 35.8. The molecule has 3 saturated carbocycles. The average molecular weight is 881 g/mol. The van der Waals surface area contributed by atoms with Crippen molar-refractivity contribution in [3.8, 4) is 17.2 Å². The lowest BCUT2D eigenvalue weighted by Crippen LogP contribution is -2.46. The van der Waals surface area contributed by atoms with Crippen molar-refractivity contribution >= 4 is 40.3 Å². The highest BCUT2D eigenvalue weighted by Gasteiger charge is 2.24. The van der Waals surface area contributed by atoms with Gasteiger partial charge in [0.25, 0.3) is 0 Å². The van der Waals surface area contributed by atoms with E-state index >= 15 is 0 Å². The number of amides is 2. The molecule has 7 N–H and O–H groups in total. The second-order valence-corrected chi connectivity index (χ2v) is 18.2. The minimum absolute atomic E-state index is 0.181. The Bertz CT molecular complexity index is 1620. The Labute approximate surface area is 361 Å². The summed E-state index contributed by atoms with van der Waals surface area (Å²) in [6.07, 6.45) is 23.6. The van der Waals surface area contributed by atoms with Crippen molar-refractivity contribution in [3.63, 3.8) is 0 Å². The van der Waals surface area contributed by atoms with Crippen molar-refractivity contribution < 1.29 is 33.8 Å². The van der Waals surface area contributed by atoms with E-state index in [1.807, 2.05) is 38.1 Å². The molecule has 3 aromatic carbocycles. The van der Waals surface area contributed by atoms with Gasteiger partial charge in [-0.25, -0.2) is 0 Å². The van der Waals surface area contributed by atoms with Crippen molar-refractivity contribution in [2.24, 2.45) is 22.6 Å². The first-order valence-electron chi connectivity index (χ1n) is 21.3. The predicted molar refractivity (Wildman–Crippen MR) is 241 cm³/mol. The van der Waals surface area contributed by atoms with E-state index in [0.717, 1.165) is 54.6 Å². The number of carbonyl (C=O) groups is 4. The Kier molecular flexibility index (Phi) is 23.8. The molecule has 0 unspecified atom stereocenters. The van der Waals surface area contributed by atoms with Crippen LogP contribution < -0.4 is 26.7 Å². The predicted octanol–water partition coefficient (Wildman–Crippen LogP) is 10.2. The molecule has 59 heavy (non-hydrogen) atoms. The van der Waals surface area contributed by atoms with Gasteiger partial charge < -0.3 is 31.8 Å². The van der Waals surface area contributed by atoms with E-state index in [4.69, 9.17) is 31.8 Å². The van der Waals surface area contributed by atoms with Gasteiger partial charge in [-0.15, -0.1) is 0 Å². The lowest BCUT2D eigenvalue weighted by molar-refractivity contribution is -0.126. The Hall–Kier alpha value is -4.22. The van der Waals surface area contributed by atoms with Crippen molar-refractivity contribution in [2.75, 3.05) is 0 Å². The van der Waals surface area contributed by atoms with Gasteiger partial charge in [-0.3, -0.25) is 19.2 Å². The molecular formula is C48H70BrN3O7. The lowest BCUT2D eigenvalue weighted by atomic mass is 9.85. The highest BCUT2D eigenvalue weighted by atomic mass is 79.9. The van der Waals surface area contributed by atoms with Gasteiger partial charge >= 0.3 is 0 Å². The SMILES string of the molecule is BrC1CCCCC1.CC(C)(CCc1ccc(OC2CCCCC2)cc1)C(N)=O.CC(C)(N)C(N)=O.O=Cc1ccc(O)cc1.O=Cc1ccc(OC2CCCCC2)cc1. The van der Waals surface area contributed by atoms with Crippen LogP contribution in [0.5, 0.6) is 17.2 Å². The average Bonchev–Trinajstić information content (AvgIpc) is 3.23. The second-order valence-electron chi connectivity index (χ2n) is 16.9. The van der Waals surface area contributed by atoms with Crippen LogP contribution in [0, 0.1) is 5.41 Å². The van der Waals surface area contributed by atoms with Gasteiger partial charge in [0, 0.05) is 21.4 Å². The Morgan fingerprint density at radius 3 is 1.31 bits per heavy atom. The van der Waals surface area contributed by atoms with E-state index < -0.39 is 16.9 Å². The summed E-state index contributed by atoms with van der Waals surface area (Å²) in [4.78, 5) is 42.8. The second kappa shape index (κ2) is 27.5. The summed E-state index contributed by atoms with van der Waals surface area (Å²) in [5, 5.41) is 8.74. The third-order valence-electron chi connectivity index (χ3n) is 10.6. The van der Waals surface area contributed by atoms with E-state index in [-0.39, 0.29) is 11.7 Å². The first-order chi connectivity index (χ1) is 28.0. The molecule has 0 spiro atoms. The van der Waals surface area contributed by atoms with Gasteiger partial charge in [0.1, 0.15) is 29.8 Å². The van der Waals surface area contributed by atoms with Crippen LogP contribution in [0.1, 0.15) is 157 Å². The molecule has 0 bridgehead atoms. The molecule has 3 aromatic rings. The molecule has 0 radical (unpaired) electrons. The van der Waals surface area contributed by atoms with Crippen molar-refractivity contribution in [3.05, 3.63) is 89.5 Å². The van der Waals surface area contributed by atoms with Crippen LogP contribution in [0.4, 0.5) is 0 Å². The number of aldehydes is 2. The maximum Gasteiger partial charge on any atom is 0.236 e. The molecule has 0 heterocycles. The molecule has 3 aliphatic carbocycles. The van der Waals surface area contributed by atoms with Crippen molar-refractivity contribution in [1.29, 1.82) is 0 Å². The number of aryl methyl sites for hydroxylation is 1. The summed E-state index contributed by atoms with van der Waals surface area (Å²) in [7, 11) is 0. The topological polar surface area (TPSA) is 185 Å². The number of benzene rings is 3. The lowest BCUT2D eigenvalue weighted by Gasteiger charge is -2.23. The van der Waals surface area contributed by atoms with Gasteiger partial charge in [0.2, 0.25) is 11.8 Å². The molecule has 6 rings (SSSR count). The number of carbonyl (C=O) groups excluding carboxylic acids is 4. The fraction of sp³-hybridized carbons (Fsp3) is 0.542. The monoisotopic (exact) mass is 879 g/mol. The van der Waals surface area contributed by atoms with Crippen LogP contribution in [-0.4, -0.2) is 52.1 Å². The molecule has 2 amide bonds. The smallest absolute Gasteiger partial charge is 0.236 e. The van der Waals surface area contributed by atoms with Gasteiger partial charge in [0.05, 0.1) is 17.7 Å². The van der Waals surface area contributed by atoms with Crippen molar-refractivity contribution in [1.82, 2.24) is 0 Å². The zero-order chi connectivity index (χ0) is 43.7. The van der Waals surface area contributed by atoms with Crippen LogP contribution >= 0.6 is 15.9 Å². The van der Waals surface area contributed by atoms with Crippen LogP contribution in [-0.2, 0) is 16.0 Å². The van der Waals surface area contributed by atoms with Gasteiger partial charge in [-0.1, -0.05) is 74.0 Å². The van der Waals surface area contributed by atoms with E-state index in [0.29, 0.717) is 23.3 Å². The third kappa shape index (κ3) is 22.7. The standard InChI is InChI=1S/C18H27NO2.C13H16O2.C7H6O2.C6H11Br.C4H10N2O/c1-18(2,17(19)20)13-12-14-8-10-16(11-9-14)21-15-6-4-3-5-7-15;14-10-11-6-8-13(9-7-11)15-12-4-2-1-3-5-12;8-5-6-1-3-7(9)4-2-6;7-6-4-2-1-3-5-6;1-4(2,6)3(5)7/h8-11,15H,3-7,12-13H2,1-2H3,(H2,19,20);6-10,12H,1-5H2;1-5,9H;6H,1-5H2;6H2,1-2H3,(H2,5,7). The largest absolute Gasteiger partial charge is 0.508 e. The summed E-state index contributed by atoms with van der Waals surface area (Å²) >= 11 is 3.59. The normalized spacial score (nSPS) is 16.0. The fourth-order valence-corrected chi connectivity index (χ4v) is 6.94. The Morgan fingerprint density at radius 2 is 0.983 bits per heavy atom. The van der Waals surface area contributed by atoms with Gasteiger partial charge in [0.15, 0.2) is 0 Å². The number of aromatic hydroxyl groups is 1. The van der Waals surface area contributed by atoms with Gasteiger partial charge in [-0.05, 0) is 157 Å². The third-order valence-corrected chi connectivity index (χ3v) is 11.5. The molecule has 3 aliphatic rings. The number of hydrogen-bond donors (Lipinski definition) is 4. The number of hydrogen-bond acceptors (Lipinski definition) is 8. The summed E-state index contributed by atoms with van der Waals surface area (Å²) in [6.45, 7) is 6.93. The molecule has 326 valence electrons. The molecule has 11 heteroatoms. The highest BCUT2D eigenvalue weighted by Crippen LogP contribution is 2.27. The molecule has 0 saturated heterocycles. The molecule has 0 atom stereocenters. The molecular weight excluding hydrogens is 810 g/mol. The number of phenols is 1. The van der Waals surface area contributed by atoms with Crippen LogP contribution in [0.15, 0.2) is 72.8 Å². The summed E-state index contributed by atoms with van der Waals surface area (Å²) in [5.74, 6) is 1.31. The number of primary amides is 2. The number of rotatable bonds is 11. The number of phenolic OH excluding ortho intramolecular Hbond substituents is 1. The summed E-state index contributed by atoms with van der Waals surface area (Å²) in [5.41, 5.74) is 16.6. The minimum atomic E-state index is -0.861. The summed E-state index contributed by atoms with van der Waals surface area (Å²) in [6, 6.07) is 21.7. The van der Waals surface area contributed by atoms with Crippen molar-refractivity contribution in [2.45, 2.75) is 159 Å². The van der Waals surface area contributed by atoms with E-state index in [1.54, 1.807) is 38.1 Å². The van der Waals surface area contributed by atoms with E-state index in [9.17, 15) is 19.2 Å². The summed E-state index contributed by atoms with van der Waals surface area (Å²) < 4.78 is 11.9. The Morgan fingerprint density at radius 1 is 0.627 bits per heavy atom. The van der Waals surface area contributed by atoms with Crippen LogP contribution in [0.25, 0.3) is 0 Å². The molecule has 3 fully saturated rings. The molecule has 0 aromatic heterocycles. The number of nitrogens with two attached hydrogens (primary N) is 3. The maximum atomic E-state index is 11.3. The zero-order valence-corrected chi connectivity index (χ0v) is 37.4. The maximum absolute atomic E-state index is 11.3. The number of alkyl halides is 1. The quantitative estimate of drug-likeness (QED) is 0.108. The fourth-order valence-electron chi connectivity index (χ4n) is 6.30. The van der Waals surface area contributed by atoms with Crippen LogP contribution in [0.3, 0.4) is 0 Å². The van der Waals surface area contributed by atoms with E-state index in [2.05, 4.69) is 28.1 Å². The minimum Gasteiger partial charge on any atom is -0.508 e. The highest BCUT2D eigenvalue weighted by molar-refractivity contribution is 9.09. The number of halogens is 1.